The van der Waals surface area contributed by atoms with E-state index in [0.717, 1.165) is 23.5 Å². The lowest BCUT2D eigenvalue weighted by molar-refractivity contribution is 0.0954. The van der Waals surface area contributed by atoms with Crippen LogP contribution in [0.25, 0.3) is 0 Å². The molecule has 2 heterocycles. The number of carbonyl (C=O) groups excluding carboxylic acids is 1. The normalized spacial score (nSPS) is 15.2. The molecule has 106 valence electrons. The van der Waals surface area contributed by atoms with Gasteiger partial charge in [-0.3, -0.25) is 4.79 Å². The first kappa shape index (κ1) is 13.4. The van der Waals surface area contributed by atoms with Gasteiger partial charge in [-0.25, -0.2) is 4.98 Å². The first-order valence-electron chi connectivity index (χ1n) is 7.21. The first-order chi connectivity index (χ1) is 9.83. The first-order valence-corrected chi connectivity index (χ1v) is 8.02. The number of rotatable bonds is 3. The predicted octanol–water partition coefficient (Wildman–Crippen LogP) is 3.06. The second-order valence-electron chi connectivity index (χ2n) is 5.19. The third-order valence-electron chi connectivity index (χ3n) is 3.69. The Morgan fingerprint density at radius 1 is 1.30 bits per heavy atom. The Morgan fingerprint density at radius 3 is 2.95 bits per heavy atom. The van der Waals surface area contributed by atoms with Gasteiger partial charge in [-0.2, -0.15) is 0 Å². The van der Waals surface area contributed by atoms with Gasteiger partial charge in [0, 0.05) is 17.3 Å². The Hall–Kier alpha value is -1.62. The van der Waals surface area contributed by atoms with E-state index in [4.69, 9.17) is 0 Å². The summed E-state index contributed by atoms with van der Waals surface area (Å²) in [6.07, 6.45) is 10.8. The van der Waals surface area contributed by atoms with Gasteiger partial charge in [-0.05, 0) is 37.3 Å². The molecule has 2 aromatic heterocycles. The van der Waals surface area contributed by atoms with E-state index in [-0.39, 0.29) is 5.91 Å². The lowest BCUT2D eigenvalue weighted by Crippen LogP contribution is -2.22. The van der Waals surface area contributed by atoms with Gasteiger partial charge in [0.15, 0.2) is 0 Å². The van der Waals surface area contributed by atoms with Gasteiger partial charge >= 0.3 is 0 Å². The predicted molar refractivity (Wildman–Crippen MR) is 80.0 cm³/mol. The van der Waals surface area contributed by atoms with Gasteiger partial charge in [0.25, 0.3) is 5.91 Å². The Labute approximate surface area is 122 Å². The highest BCUT2D eigenvalue weighted by Crippen LogP contribution is 2.28. The number of hydrogen-bond acceptors (Lipinski definition) is 3. The number of hydrogen-bond donors (Lipinski definition) is 2. The van der Waals surface area contributed by atoms with E-state index in [1.165, 1.54) is 36.1 Å². The number of aromatic nitrogens is 2. The van der Waals surface area contributed by atoms with Crippen molar-refractivity contribution in [1.29, 1.82) is 0 Å². The van der Waals surface area contributed by atoms with Crippen molar-refractivity contribution in [3.05, 3.63) is 39.6 Å². The molecule has 0 aliphatic heterocycles. The zero-order chi connectivity index (χ0) is 13.8. The van der Waals surface area contributed by atoms with Crippen molar-refractivity contribution < 1.29 is 4.79 Å². The molecule has 0 fully saturated rings. The number of aromatic amines is 1. The van der Waals surface area contributed by atoms with Crippen molar-refractivity contribution >= 4 is 17.2 Å². The fraction of sp³-hybridized carbons (Fsp3) is 0.467. The molecule has 20 heavy (non-hydrogen) atoms. The number of carbonyl (C=O) groups is 1. The maximum absolute atomic E-state index is 12.2. The van der Waals surface area contributed by atoms with Crippen LogP contribution in [0, 0.1) is 0 Å². The lowest BCUT2D eigenvalue weighted by atomic mass is 10.00. The standard InChI is InChI=1S/C15H19N3OS/c19-15(18-10-14-16-7-8-17-14)13-9-11-5-3-1-2-4-6-12(11)20-13/h7-9H,1-6,10H2,(H,16,17)(H,18,19). The molecule has 2 N–H and O–H groups in total. The smallest absolute Gasteiger partial charge is 0.261 e. The Balaban J connectivity index is 1.67. The molecule has 0 spiro atoms. The number of aryl methyl sites for hydroxylation is 2. The summed E-state index contributed by atoms with van der Waals surface area (Å²) in [6.45, 7) is 0.453. The zero-order valence-electron chi connectivity index (χ0n) is 11.4. The molecule has 0 radical (unpaired) electrons. The van der Waals surface area contributed by atoms with E-state index in [1.54, 1.807) is 23.7 Å². The number of H-pyrrole nitrogens is 1. The molecule has 1 aliphatic carbocycles. The van der Waals surface area contributed by atoms with E-state index < -0.39 is 0 Å². The van der Waals surface area contributed by atoms with E-state index >= 15 is 0 Å². The average molecular weight is 289 g/mol. The summed E-state index contributed by atoms with van der Waals surface area (Å²) in [7, 11) is 0. The molecule has 0 saturated heterocycles. The molecule has 2 aromatic rings. The largest absolute Gasteiger partial charge is 0.347 e. The number of thiophene rings is 1. The van der Waals surface area contributed by atoms with Crippen molar-refractivity contribution in [1.82, 2.24) is 15.3 Å². The van der Waals surface area contributed by atoms with Crippen molar-refractivity contribution in [2.75, 3.05) is 0 Å². The van der Waals surface area contributed by atoms with Crippen LogP contribution >= 0.6 is 11.3 Å². The summed E-state index contributed by atoms with van der Waals surface area (Å²) in [5, 5.41) is 2.92. The number of amides is 1. The van der Waals surface area contributed by atoms with Crippen molar-refractivity contribution in [3.63, 3.8) is 0 Å². The summed E-state index contributed by atoms with van der Waals surface area (Å²) in [5.74, 6) is 0.798. The SMILES string of the molecule is O=C(NCc1ncc[nH]1)c1cc2c(s1)CCCCCC2. The fourth-order valence-electron chi connectivity index (χ4n) is 2.60. The minimum Gasteiger partial charge on any atom is -0.347 e. The van der Waals surface area contributed by atoms with Gasteiger partial charge in [0.2, 0.25) is 0 Å². The van der Waals surface area contributed by atoms with Gasteiger partial charge in [0.05, 0.1) is 11.4 Å². The molecular weight excluding hydrogens is 270 g/mol. The highest BCUT2D eigenvalue weighted by atomic mass is 32.1. The van der Waals surface area contributed by atoms with Crippen molar-refractivity contribution in [3.8, 4) is 0 Å². The second kappa shape index (κ2) is 6.22. The highest BCUT2D eigenvalue weighted by Gasteiger charge is 2.15. The monoisotopic (exact) mass is 289 g/mol. The summed E-state index contributed by atoms with van der Waals surface area (Å²) in [6, 6.07) is 2.09. The van der Waals surface area contributed by atoms with E-state index in [2.05, 4.69) is 21.4 Å². The van der Waals surface area contributed by atoms with E-state index in [9.17, 15) is 4.79 Å². The third kappa shape index (κ3) is 3.10. The molecule has 0 atom stereocenters. The Kier molecular flexibility index (Phi) is 4.16. The van der Waals surface area contributed by atoms with Gasteiger partial charge in [-0.15, -0.1) is 11.3 Å². The molecule has 0 saturated carbocycles. The van der Waals surface area contributed by atoms with Crippen LogP contribution in [-0.4, -0.2) is 15.9 Å². The van der Waals surface area contributed by atoms with Crippen LogP contribution in [0.1, 0.15) is 51.6 Å². The molecule has 0 unspecified atom stereocenters. The van der Waals surface area contributed by atoms with Crippen LogP contribution in [0.15, 0.2) is 18.5 Å². The molecule has 1 aliphatic rings. The van der Waals surface area contributed by atoms with Crippen LogP contribution in [-0.2, 0) is 19.4 Å². The summed E-state index contributed by atoms with van der Waals surface area (Å²) < 4.78 is 0. The maximum Gasteiger partial charge on any atom is 0.261 e. The Bertz CT molecular complexity index is 548. The van der Waals surface area contributed by atoms with Crippen LogP contribution < -0.4 is 5.32 Å². The zero-order valence-corrected chi connectivity index (χ0v) is 12.3. The number of fused-ring (bicyclic) bond motifs is 1. The molecular formula is C15H19N3OS. The minimum atomic E-state index is 0.0122. The Morgan fingerprint density at radius 2 is 2.15 bits per heavy atom. The van der Waals surface area contributed by atoms with Crippen LogP contribution in [0.2, 0.25) is 0 Å². The number of nitrogens with zero attached hydrogens (tertiary/aromatic N) is 1. The van der Waals surface area contributed by atoms with E-state index in [0.29, 0.717) is 6.54 Å². The maximum atomic E-state index is 12.2. The lowest BCUT2D eigenvalue weighted by Gasteiger charge is -2.07. The van der Waals surface area contributed by atoms with E-state index in [1.807, 2.05) is 0 Å². The summed E-state index contributed by atoms with van der Waals surface area (Å²) >= 11 is 1.66. The third-order valence-corrected chi connectivity index (χ3v) is 4.93. The fourth-order valence-corrected chi connectivity index (χ4v) is 3.77. The van der Waals surface area contributed by atoms with Gasteiger partial charge < -0.3 is 10.3 Å². The van der Waals surface area contributed by atoms with Gasteiger partial charge in [0.1, 0.15) is 5.82 Å². The number of nitrogens with one attached hydrogen (secondary N) is 2. The molecule has 0 bridgehead atoms. The molecule has 0 aromatic carbocycles. The van der Waals surface area contributed by atoms with Crippen LogP contribution in [0.5, 0.6) is 0 Å². The molecule has 1 amide bonds. The summed E-state index contributed by atoms with van der Waals surface area (Å²) in [5.41, 5.74) is 1.39. The second-order valence-corrected chi connectivity index (χ2v) is 6.33. The average Bonchev–Trinajstić information content (AvgIpc) is 3.06. The minimum absolute atomic E-state index is 0.0122. The van der Waals surface area contributed by atoms with Crippen molar-refractivity contribution in [2.24, 2.45) is 0 Å². The summed E-state index contributed by atoms with van der Waals surface area (Å²) in [4.78, 5) is 21.5. The number of imidazole rings is 1. The van der Waals surface area contributed by atoms with Crippen LogP contribution in [0.3, 0.4) is 0 Å². The highest BCUT2D eigenvalue weighted by molar-refractivity contribution is 7.14. The quantitative estimate of drug-likeness (QED) is 0.912. The topological polar surface area (TPSA) is 57.8 Å². The van der Waals surface area contributed by atoms with Crippen LogP contribution in [0.4, 0.5) is 0 Å². The molecule has 4 nitrogen and oxygen atoms in total. The van der Waals surface area contributed by atoms with Crippen molar-refractivity contribution in [2.45, 2.75) is 45.1 Å². The molecule has 3 rings (SSSR count). The molecule has 5 heteroatoms. The van der Waals surface area contributed by atoms with Gasteiger partial charge in [-0.1, -0.05) is 12.8 Å².